The fourth-order valence-corrected chi connectivity index (χ4v) is 4.58. The highest BCUT2D eigenvalue weighted by atomic mass is 19.1. The number of halogens is 1. The number of nitrogens with one attached hydrogen (secondary N) is 1. The average molecular weight is 431 g/mol. The molecule has 166 valence electrons. The predicted molar refractivity (Wildman–Crippen MR) is 127 cm³/mol. The Morgan fingerprint density at radius 1 is 0.875 bits per heavy atom. The highest BCUT2D eigenvalue weighted by molar-refractivity contribution is 5.78. The van der Waals surface area contributed by atoms with E-state index in [9.17, 15) is 9.18 Å². The van der Waals surface area contributed by atoms with Gasteiger partial charge in [0.05, 0.1) is 6.42 Å². The van der Waals surface area contributed by atoms with Gasteiger partial charge in [0.2, 0.25) is 5.91 Å². The molecule has 4 rings (SSSR count). The molecule has 0 aromatic heterocycles. The molecule has 3 aromatic carbocycles. The van der Waals surface area contributed by atoms with Gasteiger partial charge in [0.15, 0.2) is 0 Å². The highest BCUT2D eigenvalue weighted by Gasteiger charge is 2.22. The zero-order valence-electron chi connectivity index (χ0n) is 18.4. The molecule has 3 nitrogen and oxygen atoms in total. The monoisotopic (exact) mass is 430 g/mol. The van der Waals surface area contributed by atoms with E-state index >= 15 is 0 Å². The summed E-state index contributed by atoms with van der Waals surface area (Å²) in [5, 5.41) is 3.16. The molecule has 1 N–H and O–H groups in total. The van der Waals surface area contributed by atoms with Gasteiger partial charge < -0.3 is 10.2 Å². The van der Waals surface area contributed by atoms with Gasteiger partial charge in [-0.2, -0.15) is 0 Å². The van der Waals surface area contributed by atoms with Crippen LogP contribution >= 0.6 is 0 Å². The van der Waals surface area contributed by atoms with Crippen molar-refractivity contribution in [1.82, 2.24) is 10.2 Å². The van der Waals surface area contributed by atoms with Gasteiger partial charge in [-0.1, -0.05) is 72.8 Å². The summed E-state index contributed by atoms with van der Waals surface area (Å²) >= 11 is 0. The van der Waals surface area contributed by atoms with E-state index in [0.717, 1.165) is 44.5 Å². The molecule has 0 spiro atoms. The van der Waals surface area contributed by atoms with Gasteiger partial charge in [-0.25, -0.2) is 4.39 Å². The number of piperidine rings is 1. The first-order chi connectivity index (χ1) is 15.7. The number of benzene rings is 3. The summed E-state index contributed by atoms with van der Waals surface area (Å²) in [5.74, 6) is 0.136. The van der Waals surface area contributed by atoms with Gasteiger partial charge >= 0.3 is 0 Å². The Labute approximate surface area is 190 Å². The standard InChI is InChI=1S/C28H31FN2O/c29-25-13-11-22(12-14-25)21-28(32)30-26-15-18-31(19-16-26)20-17-27(23-7-3-1-4-8-23)24-9-5-2-6-10-24/h1-14,26-27H,15-21H2,(H,30,32). The molecule has 1 aliphatic heterocycles. The van der Waals surface area contributed by atoms with Crippen LogP contribution in [0.15, 0.2) is 84.9 Å². The number of carbonyl (C=O) groups excluding carboxylic acids is 1. The fraction of sp³-hybridized carbons (Fsp3) is 0.321. The molecule has 1 saturated heterocycles. The van der Waals surface area contributed by atoms with Gasteiger partial charge in [-0.05, 0) is 54.6 Å². The maximum Gasteiger partial charge on any atom is 0.224 e. The third-order valence-corrected chi connectivity index (χ3v) is 6.37. The molecule has 1 fully saturated rings. The van der Waals surface area contributed by atoms with E-state index in [1.807, 2.05) is 0 Å². The molecule has 0 saturated carbocycles. The van der Waals surface area contributed by atoms with Crippen LogP contribution in [-0.2, 0) is 11.2 Å². The van der Waals surface area contributed by atoms with Crippen LogP contribution in [0.4, 0.5) is 4.39 Å². The van der Waals surface area contributed by atoms with E-state index in [-0.39, 0.29) is 17.8 Å². The van der Waals surface area contributed by atoms with Crippen LogP contribution in [-0.4, -0.2) is 36.5 Å². The SMILES string of the molecule is O=C(Cc1ccc(F)cc1)NC1CCN(CCC(c2ccccc2)c2ccccc2)CC1. The summed E-state index contributed by atoms with van der Waals surface area (Å²) < 4.78 is 13.0. The number of rotatable bonds is 8. The van der Waals surface area contributed by atoms with E-state index in [4.69, 9.17) is 0 Å². The van der Waals surface area contributed by atoms with Crippen molar-refractivity contribution in [2.75, 3.05) is 19.6 Å². The van der Waals surface area contributed by atoms with Crippen LogP contribution in [0, 0.1) is 5.82 Å². The smallest absolute Gasteiger partial charge is 0.224 e. The first kappa shape index (κ1) is 22.2. The maximum absolute atomic E-state index is 13.0. The second-order valence-corrected chi connectivity index (χ2v) is 8.65. The van der Waals surface area contributed by atoms with Crippen molar-refractivity contribution in [3.8, 4) is 0 Å². The second kappa shape index (κ2) is 11.1. The van der Waals surface area contributed by atoms with E-state index in [1.54, 1.807) is 12.1 Å². The van der Waals surface area contributed by atoms with Crippen molar-refractivity contribution in [1.29, 1.82) is 0 Å². The summed E-state index contributed by atoms with van der Waals surface area (Å²) in [7, 11) is 0. The largest absolute Gasteiger partial charge is 0.353 e. The molecule has 3 aromatic rings. The Balaban J connectivity index is 1.26. The number of amides is 1. The third-order valence-electron chi connectivity index (χ3n) is 6.37. The van der Waals surface area contributed by atoms with Crippen molar-refractivity contribution >= 4 is 5.91 Å². The first-order valence-corrected chi connectivity index (χ1v) is 11.5. The van der Waals surface area contributed by atoms with Crippen molar-refractivity contribution in [3.63, 3.8) is 0 Å². The minimum absolute atomic E-state index is 0.0169. The summed E-state index contributed by atoms with van der Waals surface area (Å²) in [6.45, 7) is 3.04. The van der Waals surface area contributed by atoms with E-state index in [1.165, 1.54) is 23.3 Å². The lowest BCUT2D eigenvalue weighted by Crippen LogP contribution is -2.45. The number of likely N-dealkylation sites (tertiary alicyclic amines) is 1. The van der Waals surface area contributed by atoms with Crippen LogP contribution in [0.25, 0.3) is 0 Å². The van der Waals surface area contributed by atoms with Crippen molar-refractivity contribution in [2.45, 2.75) is 37.6 Å². The Hall–Kier alpha value is -2.98. The molecule has 1 heterocycles. The summed E-state index contributed by atoms with van der Waals surface area (Å²) in [6.07, 6.45) is 3.32. The molecule has 0 aliphatic carbocycles. The van der Waals surface area contributed by atoms with E-state index < -0.39 is 0 Å². The lowest BCUT2D eigenvalue weighted by atomic mass is 9.88. The van der Waals surface area contributed by atoms with Gasteiger partial charge in [0, 0.05) is 25.0 Å². The minimum atomic E-state index is -0.275. The van der Waals surface area contributed by atoms with Crippen LogP contribution in [0.1, 0.15) is 41.9 Å². The molecule has 1 amide bonds. The molecule has 0 unspecified atom stereocenters. The molecule has 4 heteroatoms. The molecular weight excluding hydrogens is 399 g/mol. The number of hydrogen-bond donors (Lipinski definition) is 1. The quantitative estimate of drug-likeness (QED) is 0.535. The third kappa shape index (κ3) is 6.27. The zero-order chi connectivity index (χ0) is 22.2. The Morgan fingerprint density at radius 2 is 1.44 bits per heavy atom. The van der Waals surface area contributed by atoms with Crippen LogP contribution in [0.3, 0.4) is 0 Å². The fourth-order valence-electron chi connectivity index (χ4n) is 4.58. The number of hydrogen-bond acceptors (Lipinski definition) is 2. The number of nitrogens with zero attached hydrogens (tertiary/aromatic N) is 1. The number of carbonyl (C=O) groups is 1. The van der Waals surface area contributed by atoms with E-state index in [2.05, 4.69) is 70.9 Å². The maximum atomic E-state index is 13.0. The topological polar surface area (TPSA) is 32.3 Å². The van der Waals surface area contributed by atoms with Gasteiger partial charge in [0.25, 0.3) is 0 Å². The van der Waals surface area contributed by atoms with Gasteiger partial charge in [0.1, 0.15) is 5.82 Å². The lowest BCUT2D eigenvalue weighted by Gasteiger charge is -2.33. The molecule has 0 bridgehead atoms. The Bertz CT molecular complexity index is 928. The minimum Gasteiger partial charge on any atom is -0.353 e. The molecule has 1 aliphatic rings. The predicted octanol–water partition coefficient (Wildman–Crippen LogP) is 5.17. The van der Waals surface area contributed by atoms with Crippen LogP contribution in [0.2, 0.25) is 0 Å². The Kier molecular flexibility index (Phi) is 7.68. The zero-order valence-corrected chi connectivity index (χ0v) is 18.4. The second-order valence-electron chi connectivity index (χ2n) is 8.65. The van der Waals surface area contributed by atoms with E-state index in [0.29, 0.717) is 12.3 Å². The molecule has 32 heavy (non-hydrogen) atoms. The van der Waals surface area contributed by atoms with Gasteiger partial charge in [-0.3, -0.25) is 4.79 Å². The normalized spacial score (nSPS) is 15.1. The average Bonchev–Trinajstić information content (AvgIpc) is 2.83. The van der Waals surface area contributed by atoms with Crippen LogP contribution < -0.4 is 5.32 Å². The Morgan fingerprint density at radius 3 is 2.00 bits per heavy atom. The molecule has 0 radical (unpaired) electrons. The van der Waals surface area contributed by atoms with Crippen molar-refractivity contribution in [3.05, 3.63) is 107 Å². The summed E-state index contributed by atoms with van der Waals surface area (Å²) in [6, 6.07) is 27.9. The summed E-state index contributed by atoms with van der Waals surface area (Å²) in [4.78, 5) is 14.9. The summed E-state index contributed by atoms with van der Waals surface area (Å²) in [5.41, 5.74) is 3.57. The molecular formula is C28H31FN2O. The van der Waals surface area contributed by atoms with Crippen molar-refractivity contribution in [2.24, 2.45) is 0 Å². The van der Waals surface area contributed by atoms with Crippen LogP contribution in [0.5, 0.6) is 0 Å². The first-order valence-electron chi connectivity index (χ1n) is 11.5. The molecule has 0 atom stereocenters. The highest BCUT2D eigenvalue weighted by Crippen LogP contribution is 2.28. The van der Waals surface area contributed by atoms with Crippen molar-refractivity contribution < 1.29 is 9.18 Å². The van der Waals surface area contributed by atoms with Gasteiger partial charge in [-0.15, -0.1) is 0 Å². The lowest BCUT2D eigenvalue weighted by molar-refractivity contribution is -0.121.